The lowest BCUT2D eigenvalue weighted by Gasteiger charge is -2.22. The average Bonchev–Trinajstić information content (AvgIpc) is 3.21. The highest BCUT2D eigenvalue weighted by atomic mass is 127. The smallest absolute Gasteiger partial charge is 0.191 e. The number of nitrogens with zero attached hydrogens (tertiary/aromatic N) is 2. The number of nitrogens with one attached hydrogen (secondary N) is 2. The highest BCUT2D eigenvalue weighted by molar-refractivity contribution is 14.0. The maximum absolute atomic E-state index is 4.47. The number of hydrogen-bond donors (Lipinski definition) is 2. The number of aliphatic imine (C=N–C) groups is 1. The van der Waals surface area contributed by atoms with E-state index in [1.54, 1.807) is 0 Å². The standard InChI is InChI=1S/C18H30N4S.HI/c1-3-14-12-21-17(23-14)9-10-20-18(19-2)22-16-11-15(16)13-7-5-4-6-8-13;/h12-13,15-16H,3-11H2,1-2H3,(H2,19,20,22);1H. The van der Waals surface area contributed by atoms with Crippen LogP contribution in [0.15, 0.2) is 11.2 Å². The third kappa shape index (κ3) is 5.58. The van der Waals surface area contributed by atoms with E-state index in [-0.39, 0.29) is 24.0 Å². The van der Waals surface area contributed by atoms with Crippen LogP contribution in [-0.2, 0) is 12.8 Å². The summed E-state index contributed by atoms with van der Waals surface area (Å²) in [6.45, 7) is 3.08. The molecule has 2 fully saturated rings. The molecule has 0 radical (unpaired) electrons. The second-order valence-electron chi connectivity index (χ2n) is 6.87. The molecule has 2 aliphatic rings. The molecule has 0 aromatic carbocycles. The van der Waals surface area contributed by atoms with Gasteiger partial charge in [-0.3, -0.25) is 4.99 Å². The van der Waals surface area contributed by atoms with Crippen molar-refractivity contribution in [2.45, 2.75) is 64.3 Å². The molecule has 2 unspecified atom stereocenters. The zero-order valence-corrected chi connectivity index (χ0v) is 18.0. The first-order valence-corrected chi connectivity index (χ1v) is 10.0. The van der Waals surface area contributed by atoms with Gasteiger partial charge in [-0.2, -0.15) is 0 Å². The van der Waals surface area contributed by atoms with Gasteiger partial charge < -0.3 is 10.6 Å². The summed E-state index contributed by atoms with van der Waals surface area (Å²) in [5, 5.41) is 8.28. The topological polar surface area (TPSA) is 49.3 Å². The molecule has 2 aliphatic carbocycles. The molecule has 2 atom stereocenters. The molecule has 2 saturated carbocycles. The minimum Gasteiger partial charge on any atom is -0.356 e. The highest BCUT2D eigenvalue weighted by Gasteiger charge is 2.43. The molecule has 0 amide bonds. The van der Waals surface area contributed by atoms with E-state index in [4.69, 9.17) is 0 Å². The third-order valence-electron chi connectivity index (χ3n) is 5.22. The van der Waals surface area contributed by atoms with Gasteiger partial charge in [-0.15, -0.1) is 35.3 Å². The van der Waals surface area contributed by atoms with Crippen LogP contribution in [0.1, 0.15) is 55.3 Å². The van der Waals surface area contributed by atoms with Gasteiger partial charge >= 0.3 is 0 Å². The number of hydrogen-bond acceptors (Lipinski definition) is 3. The normalized spacial score (nSPS) is 24.3. The SMILES string of the molecule is CCc1cnc(CCNC(=NC)NC2CC2C2CCCCC2)s1.I. The zero-order valence-electron chi connectivity index (χ0n) is 14.9. The zero-order chi connectivity index (χ0) is 16.1. The molecule has 0 spiro atoms. The van der Waals surface area contributed by atoms with Gasteiger partial charge in [-0.05, 0) is 24.7 Å². The number of aromatic nitrogens is 1. The van der Waals surface area contributed by atoms with Crippen LogP contribution in [-0.4, -0.2) is 30.6 Å². The maximum atomic E-state index is 4.47. The summed E-state index contributed by atoms with van der Waals surface area (Å²) in [5.41, 5.74) is 0. The molecule has 0 bridgehead atoms. The molecular weight excluding hydrogens is 431 g/mol. The lowest BCUT2D eigenvalue weighted by Crippen LogP contribution is -2.40. The molecule has 6 heteroatoms. The van der Waals surface area contributed by atoms with Crippen molar-refractivity contribution in [1.29, 1.82) is 0 Å². The number of aryl methyl sites for hydroxylation is 1. The van der Waals surface area contributed by atoms with Gasteiger partial charge in [0, 0.05) is 37.1 Å². The summed E-state index contributed by atoms with van der Waals surface area (Å²) < 4.78 is 0. The Kier molecular flexibility index (Phi) is 8.27. The molecule has 0 aliphatic heterocycles. The van der Waals surface area contributed by atoms with E-state index in [1.165, 1.54) is 48.4 Å². The largest absolute Gasteiger partial charge is 0.356 e. The predicted octanol–water partition coefficient (Wildman–Crippen LogP) is 4.00. The van der Waals surface area contributed by atoms with Gasteiger partial charge in [0.15, 0.2) is 5.96 Å². The maximum Gasteiger partial charge on any atom is 0.191 e. The lowest BCUT2D eigenvalue weighted by atomic mass is 9.85. The van der Waals surface area contributed by atoms with Gasteiger partial charge in [0.2, 0.25) is 0 Å². The average molecular weight is 462 g/mol. The minimum atomic E-state index is 0. The van der Waals surface area contributed by atoms with E-state index in [1.807, 2.05) is 24.6 Å². The van der Waals surface area contributed by atoms with E-state index >= 15 is 0 Å². The van der Waals surface area contributed by atoms with E-state index in [0.29, 0.717) is 6.04 Å². The predicted molar refractivity (Wildman–Crippen MR) is 114 cm³/mol. The van der Waals surface area contributed by atoms with Crippen LogP contribution in [0.5, 0.6) is 0 Å². The summed E-state index contributed by atoms with van der Waals surface area (Å²) >= 11 is 1.83. The fourth-order valence-corrected chi connectivity index (χ4v) is 4.61. The van der Waals surface area contributed by atoms with E-state index in [0.717, 1.165) is 37.2 Å². The van der Waals surface area contributed by atoms with Crippen LogP contribution in [0.3, 0.4) is 0 Å². The van der Waals surface area contributed by atoms with Crippen molar-refractivity contribution in [3.05, 3.63) is 16.1 Å². The fraction of sp³-hybridized carbons (Fsp3) is 0.778. The van der Waals surface area contributed by atoms with E-state index in [2.05, 4.69) is 27.5 Å². The Morgan fingerprint density at radius 2 is 2.12 bits per heavy atom. The molecular formula is C18H31IN4S. The fourth-order valence-electron chi connectivity index (χ4n) is 3.75. The Bertz CT molecular complexity index is 525. The molecule has 1 heterocycles. The summed E-state index contributed by atoms with van der Waals surface area (Å²) in [7, 11) is 1.87. The summed E-state index contributed by atoms with van der Waals surface area (Å²) in [5.74, 6) is 2.81. The van der Waals surface area contributed by atoms with Crippen molar-refractivity contribution in [1.82, 2.24) is 15.6 Å². The lowest BCUT2D eigenvalue weighted by molar-refractivity contribution is 0.315. The van der Waals surface area contributed by atoms with Crippen LogP contribution >= 0.6 is 35.3 Å². The minimum absolute atomic E-state index is 0. The Labute approximate surface area is 167 Å². The van der Waals surface area contributed by atoms with Crippen LogP contribution in [0.4, 0.5) is 0 Å². The highest BCUT2D eigenvalue weighted by Crippen LogP contribution is 2.44. The van der Waals surface area contributed by atoms with Crippen molar-refractivity contribution < 1.29 is 0 Å². The second kappa shape index (κ2) is 9.94. The van der Waals surface area contributed by atoms with Crippen LogP contribution in [0.2, 0.25) is 0 Å². The number of halogens is 1. The van der Waals surface area contributed by atoms with Crippen LogP contribution in [0.25, 0.3) is 0 Å². The Morgan fingerprint density at radius 1 is 1.33 bits per heavy atom. The molecule has 1 aromatic rings. The first-order chi connectivity index (χ1) is 11.3. The molecule has 3 rings (SSSR count). The third-order valence-corrected chi connectivity index (χ3v) is 6.42. The van der Waals surface area contributed by atoms with Crippen molar-refractivity contribution >= 4 is 41.3 Å². The van der Waals surface area contributed by atoms with Gasteiger partial charge in [0.1, 0.15) is 0 Å². The van der Waals surface area contributed by atoms with Crippen molar-refractivity contribution in [3.8, 4) is 0 Å². The quantitative estimate of drug-likeness (QED) is 0.382. The second-order valence-corrected chi connectivity index (χ2v) is 8.07. The first-order valence-electron chi connectivity index (χ1n) is 9.21. The van der Waals surface area contributed by atoms with Crippen molar-refractivity contribution in [3.63, 3.8) is 0 Å². The Hall–Kier alpha value is -0.370. The Morgan fingerprint density at radius 3 is 2.79 bits per heavy atom. The van der Waals surface area contributed by atoms with E-state index in [9.17, 15) is 0 Å². The summed E-state index contributed by atoms with van der Waals surface area (Å²) in [6, 6.07) is 0.649. The van der Waals surface area contributed by atoms with Crippen molar-refractivity contribution in [2.75, 3.05) is 13.6 Å². The summed E-state index contributed by atoms with van der Waals surface area (Å²) in [4.78, 5) is 10.2. The Balaban J connectivity index is 0.00000208. The molecule has 1 aromatic heterocycles. The molecule has 0 saturated heterocycles. The first kappa shape index (κ1) is 19.9. The summed E-state index contributed by atoms with van der Waals surface area (Å²) in [6.07, 6.45) is 12.6. The number of rotatable bonds is 6. The van der Waals surface area contributed by atoms with Gasteiger partial charge in [-0.1, -0.05) is 39.0 Å². The van der Waals surface area contributed by atoms with Gasteiger partial charge in [-0.25, -0.2) is 4.98 Å². The van der Waals surface area contributed by atoms with Crippen molar-refractivity contribution in [2.24, 2.45) is 16.8 Å². The van der Waals surface area contributed by atoms with Crippen LogP contribution < -0.4 is 10.6 Å². The number of guanidine groups is 1. The molecule has 136 valence electrons. The van der Waals surface area contributed by atoms with Crippen LogP contribution in [0, 0.1) is 11.8 Å². The monoisotopic (exact) mass is 462 g/mol. The molecule has 24 heavy (non-hydrogen) atoms. The van der Waals surface area contributed by atoms with Gasteiger partial charge in [0.05, 0.1) is 5.01 Å². The molecule has 4 nitrogen and oxygen atoms in total. The van der Waals surface area contributed by atoms with Gasteiger partial charge in [0.25, 0.3) is 0 Å². The molecule has 2 N–H and O–H groups in total. The number of thiazole rings is 1. The van der Waals surface area contributed by atoms with E-state index < -0.39 is 0 Å².